The van der Waals surface area contributed by atoms with E-state index in [0.29, 0.717) is 0 Å². The summed E-state index contributed by atoms with van der Waals surface area (Å²) in [6.45, 7) is 5.91. The van der Waals surface area contributed by atoms with Crippen molar-refractivity contribution in [2.75, 3.05) is 40.4 Å². The highest BCUT2D eigenvalue weighted by Crippen LogP contribution is 2.29. The van der Waals surface area contributed by atoms with Crippen molar-refractivity contribution in [3.05, 3.63) is 23.8 Å². The lowest BCUT2D eigenvalue weighted by atomic mass is 10.1. The van der Waals surface area contributed by atoms with Gasteiger partial charge < -0.3 is 19.7 Å². The lowest BCUT2D eigenvalue weighted by Crippen LogP contribution is -3.19. The van der Waals surface area contributed by atoms with Crippen LogP contribution in [0.5, 0.6) is 11.5 Å². The molecular formula is C13H22N2O2+2. The molecule has 0 spiro atoms. The van der Waals surface area contributed by atoms with E-state index >= 15 is 0 Å². The summed E-state index contributed by atoms with van der Waals surface area (Å²) in [6, 6.07) is 6.11. The third-order valence-corrected chi connectivity index (χ3v) is 3.33. The van der Waals surface area contributed by atoms with Crippen molar-refractivity contribution < 1.29 is 19.7 Å². The van der Waals surface area contributed by atoms with Gasteiger partial charge in [0.1, 0.15) is 32.7 Å². The van der Waals surface area contributed by atoms with Gasteiger partial charge in [-0.1, -0.05) is 6.07 Å². The summed E-state index contributed by atoms with van der Waals surface area (Å²) in [6.07, 6.45) is 0. The maximum atomic E-state index is 5.46. The van der Waals surface area contributed by atoms with Crippen LogP contribution in [0.2, 0.25) is 0 Å². The number of hydrogen-bond acceptors (Lipinski definition) is 2. The quantitative estimate of drug-likeness (QED) is 0.682. The van der Waals surface area contributed by atoms with Gasteiger partial charge in [-0.25, -0.2) is 0 Å². The number of para-hydroxylation sites is 1. The molecule has 0 atom stereocenters. The number of nitrogens with one attached hydrogen (secondary N) is 1. The van der Waals surface area contributed by atoms with Gasteiger partial charge in [0.25, 0.3) is 0 Å². The first-order chi connectivity index (χ1) is 8.35. The van der Waals surface area contributed by atoms with Gasteiger partial charge in [0.15, 0.2) is 11.5 Å². The zero-order chi connectivity index (χ0) is 12.1. The molecule has 0 unspecified atom stereocenters. The fourth-order valence-corrected chi connectivity index (χ4v) is 2.42. The molecule has 2 rings (SSSR count). The molecular weight excluding hydrogens is 216 g/mol. The Morgan fingerprint density at radius 3 is 2.59 bits per heavy atom. The molecule has 1 aromatic rings. The minimum Gasteiger partial charge on any atom is -0.493 e. The number of quaternary nitrogens is 2. The molecule has 3 N–H and O–H groups in total. The van der Waals surface area contributed by atoms with Crippen LogP contribution in [0, 0.1) is 0 Å². The number of benzene rings is 1. The van der Waals surface area contributed by atoms with Crippen molar-refractivity contribution in [2.24, 2.45) is 0 Å². The molecule has 1 saturated heterocycles. The predicted octanol–water partition coefficient (Wildman–Crippen LogP) is -1.33. The maximum Gasteiger partial charge on any atom is 0.169 e. The second-order valence-corrected chi connectivity index (χ2v) is 4.45. The topological polar surface area (TPSA) is 39.5 Å². The van der Waals surface area contributed by atoms with Gasteiger partial charge >= 0.3 is 0 Å². The molecule has 0 saturated carbocycles. The number of hydrogen-bond donors (Lipinski definition) is 2. The number of rotatable bonds is 4. The summed E-state index contributed by atoms with van der Waals surface area (Å²) in [5.74, 6) is 1.71. The smallest absolute Gasteiger partial charge is 0.169 e. The highest BCUT2D eigenvalue weighted by atomic mass is 16.5. The second kappa shape index (κ2) is 5.89. The molecule has 0 bridgehead atoms. The first-order valence-corrected chi connectivity index (χ1v) is 6.20. The van der Waals surface area contributed by atoms with E-state index in [-0.39, 0.29) is 0 Å². The van der Waals surface area contributed by atoms with Gasteiger partial charge in [-0.05, 0) is 12.1 Å². The summed E-state index contributed by atoms with van der Waals surface area (Å²) >= 11 is 0. The molecule has 1 aliphatic heterocycles. The van der Waals surface area contributed by atoms with Crippen molar-refractivity contribution in [3.63, 3.8) is 0 Å². The van der Waals surface area contributed by atoms with Crippen molar-refractivity contribution in [3.8, 4) is 11.5 Å². The van der Waals surface area contributed by atoms with Crippen molar-refractivity contribution in [1.29, 1.82) is 0 Å². The lowest BCUT2D eigenvalue weighted by Gasteiger charge is -2.23. The van der Waals surface area contributed by atoms with Crippen molar-refractivity contribution >= 4 is 0 Å². The van der Waals surface area contributed by atoms with Crippen LogP contribution < -0.4 is 19.7 Å². The minimum atomic E-state index is 0.827. The fraction of sp³-hybridized carbons (Fsp3) is 0.538. The summed E-state index contributed by atoms with van der Waals surface area (Å²) < 4.78 is 10.8. The molecule has 1 aromatic carbocycles. The molecule has 0 aliphatic carbocycles. The SMILES string of the molecule is COc1cccc(C[NH+]2CC[NH2+]CC2)c1OC. The van der Waals surface area contributed by atoms with Crippen molar-refractivity contribution in [2.45, 2.75) is 6.54 Å². The first kappa shape index (κ1) is 12.2. The Bertz CT molecular complexity index is 362. The standard InChI is InChI=1S/C13H20N2O2/c1-16-12-5-3-4-11(13(12)17-2)10-15-8-6-14-7-9-15/h3-5,14H,6-10H2,1-2H3/p+2. The van der Waals surface area contributed by atoms with Gasteiger partial charge in [0.05, 0.1) is 19.8 Å². The average molecular weight is 238 g/mol. The molecule has 94 valence electrons. The van der Waals surface area contributed by atoms with Crippen LogP contribution in [-0.4, -0.2) is 40.4 Å². The van der Waals surface area contributed by atoms with E-state index in [2.05, 4.69) is 11.4 Å². The molecule has 4 heteroatoms. The normalized spacial score (nSPS) is 16.8. The molecule has 1 aliphatic rings. The van der Waals surface area contributed by atoms with E-state index in [0.717, 1.165) is 18.0 Å². The zero-order valence-electron chi connectivity index (χ0n) is 10.7. The monoisotopic (exact) mass is 238 g/mol. The fourth-order valence-electron chi connectivity index (χ4n) is 2.42. The van der Waals surface area contributed by atoms with Crippen LogP contribution in [0.3, 0.4) is 0 Å². The third-order valence-electron chi connectivity index (χ3n) is 3.33. The van der Waals surface area contributed by atoms with Crippen LogP contribution >= 0.6 is 0 Å². The predicted molar refractivity (Wildman–Crippen MR) is 65.6 cm³/mol. The van der Waals surface area contributed by atoms with Gasteiger partial charge in [-0.15, -0.1) is 0 Å². The lowest BCUT2D eigenvalue weighted by molar-refractivity contribution is -0.958. The number of methoxy groups -OCH3 is 2. The molecule has 0 radical (unpaired) electrons. The van der Waals surface area contributed by atoms with Crippen LogP contribution in [0.1, 0.15) is 5.56 Å². The van der Waals surface area contributed by atoms with E-state index in [1.165, 1.54) is 31.7 Å². The van der Waals surface area contributed by atoms with E-state index in [9.17, 15) is 0 Å². The molecule has 4 nitrogen and oxygen atoms in total. The third kappa shape index (κ3) is 2.90. The van der Waals surface area contributed by atoms with Crippen molar-refractivity contribution in [1.82, 2.24) is 0 Å². The Morgan fingerprint density at radius 2 is 1.94 bits per heavy atom. The van der Waals surface area contributed by atoms with Crippen LogP contribution in [0.15, 0.2) is 18.2 Å². The largest absolute Gasteiger partial charge is 0.493 e. The Morgan fingerprint density at radius 1 is 1.18 bits per heavy atom. The second-order valence-electron chi connectivity index (χ2n) is 4.45. The van der Waals surface area contributed by atoms with E-state index < -0.39 is 0 Å². The zero-order valence-corrected chi connectivity index (χ0v) is 10.7. The maximum absolute atomic E-state index is 5.46. The Balaban J connectivity index is 2.13. The number of ether oxygens (including phenoxy) is 2. The summed E-state index contributed by atoms with van der Waals surface area (Å²) in [5.41, 5.74) is 1.24. The highest BCUT2D eigenvalue weighted by molar-refractivity contribution is 5.46. The van der Waals surface area contributed by atoms with E-state index in [1.807, 2.05) is 12.1 Å². The highest BCUT2D eigenvalue weighted by Gasteiger charge is 2.19. The molecule has 0 aromatic heterocycles. The van der Waals surface area contributed by atoms with E-state index in [1.54, 1.807) is 19.1 Å². The molecule has 17 heavy (non-hydrogen) atoms. The van der Waals surface area contributed by atoms with Gasteiger partial charge in [0.2, 0.25) is 0 Å². The number of nitrogens with two attached hydrogens (primary N) is 1. The Kier molecular flexibility index (Phi) is 4.23. The average Bonchev–Trinajstić information content (AvgIpc) is 2.39. The molecule has 1 fully saturated rings. The number of piperazine rings is 1. The van der Waals surface area contributed by atoms with Gasteiger partial charge in [0, 0.05) is 0 Å². The van der Waals surface area contributed by atoms with Crippen LogP contribution in [0.25, 0.3) is 0 Å². The minimum absolute atomic E-state index is 0.827. The van der Waals surface area contributed by atoms with Gasteiger partial charge in [-0.3, -0.25) is 0 Å². The van der Waals surface area contributed by atoms with Crippen LogP contribution in [0.4, 0.5) is 0 Å². The van der Waals surface area contributed by atoms with Gasteiger partial charge in [-0.2, -0.15) is 0 Å². The summed E-state index contributed by atoms with van der Waals surface area (Å²) in [7, 11) is 3.39. The Labute approximate surface area is 103 Å². The summed E-state index contributed by atoms with van der Waals surface area (Å²) in [4.78, 5) is 1.62. The summed E-state index contributed by atoms with van der Waals surface area (Å²) in [5, 5.41) is 2.38. The molecule has 1 heterocycles. The van der Waals surface area contributed by atoms with E-state index in [4.69, 9.17) is 9.47 Å². The Hall–Kier alpha value is -1.26. The van der Waals surface area contributed by atoms with Crippen LogP contribution in [-0.2, 0) is 6.54 Å². The first-order valence-electron chi connectivity index (χ1n) is 6.20. The molecule has 0 amide bonds.